The number of amides is 2. The highest BCUT2D eigenvalue weighted by Crippen LogP contribution is 1.88. The number of nitrogens with one attached hydrogen (secondary N) is 2. The number of carbonyl (C=O) groups is 2. The van der Waals surface area contributed by atoms with Gasteiger partial charge < -0.3 is 15.4 Å². The molecule has 0 saturated heterocycles. The molecule has 0 radical (unpaired) electrons. The minimum atomic E-state index is -0.618. The summed E-state index contributed by atoms with van der Waals surface area (Å²) < 4.78 is 4.46. The largest absolute Gasteiger partial charge is 0.467 e. The summed E-state index contributed by atoms with van der Waals surface area (Å²) in [6.07, 6.45) is 0. The van der Waals surface area contributed by atoms with Gasteiger partial charge in [0.05, 0.1) is 7.11 Å². The van der Waals surface area contributed by atoms with Crippen molar-refractivity contribution in [2.75, 3.05) is 13.7 Å². The molecule has 0 aliphatic heterocycles. The van der Waals surface area contributed by atoms with Crippen molar-refractivity contribution >= 4 is 12.0 Å². The molecule has 0 aromatic carbocycles. The maximum Gasteiger partial charge on any atom is 0.328 e. The molecule has 82 valence electrons. The average Bonchev–Trinajstić information content (AvgIpc) is 2.13. The lowest BCUT2D eigenvalue weighted by atomic mass is 10.2. The zero-order chi connectivity index (χ0) is 11.1. The Hall–Kier alpha value is -1.26. The molecule has 0 aromatic rings. The van der Waals surface area contributed by atoms with E-state index in [4.69, 9.17) is 0 Å². The summed E-state index contributed by atoms with van der Waals surface area (Å²) in [7, 11) is 1.28. The van der Waals surface area contributed by atoms with Crippen molar-refractivity contribution in [2.45, 2.75) is 26.8 Å². The third-order valence-corrected chi connectivity index (χ3v) is 1.57. The molecule has 0 fully saturated rings. The second-order valence-corrected chi connectivity index (χ2v) is 3.49. The van der Waals surface area contributed by atoms with Gasteiger partial charge in [-0.2, -0.15) is 0 Å². The summed E-state index contributed by atoms with van der Waals surface area (Å²) in [5.41, 5.74) is 0. The van der Waals surface area contributed by atoms with Crippen LogP contribution in [-0.2, 0) is 9.53 Å². The molecule has 1 atom stereocenters. The molecule has 0 rings (SSSR count). The number of rotatable bonds is 4. The monoisotopic (exact) mass is 202 g/mol. The number of esters is 1. The molecule has 0 saturated carbocycles. The molecule has 0 spiro atoms. The second-order valence-electron chi connectivity index (χ2n) is 3.49. The van der Waals surface area contributed by atoms with Gasteiger partial charge in [0.2, 0.25) is 0 Å². The van der Waals surface area contributed by atoms with Crippen LogP contribution < -0.4 is 10.6 Å². The molecular formula is C9H18N2O3. The van der Waals surface area contributed by atoms with Gasteiger partial charge in [-0.3, -0.25) is 0 Å². The van der Waals surface area contributed by atoms with E-state index in [0.29, 0.717) is 12.5 Å². The molecule has 0 heterocycles. The normalized spacial score (nSPS) is 12.1. The zero-order valence-electron chi connectivity index (χ0n) is 9.09. The van der Waals surface area contributed by atoms with Crippen LogP contribution in [0.25, 0.3) is 0 Å². The van der Waals surface area contributed by atoms with Crippen LogP contribution >= 0.6 is 0 Å². The molecule has 1 unspecified atom stereocenters. The van der Waals surface area contributed by atoms with Gasteiger partial charge in [0.25, 0.3) is 0 Å². The first kappa shape index (κ1) is 12.7. The van der Waals surface area contributed by atoms with Crippen molar-refractivity contribution in [2.24, 2.45) is 5.92 Å². The Balaban J connectivity index is 3.77. The second kappa shape index (κ2) is 6.23. The van der Waals surface area contributed by atoms with E-state index in [1.54, 1.807) is 6.92 Å². The Morgan fingerprint density at radius 1 is 1.29 bits per heavy atom. The smallest absolute Gasteiger partial charge is 0.328 e. The Morgan fingerprint density at radius 2 is 1.86 bits per heavy atom. The van der Waals surface area contributed by atoms with Gasteiger partial charge in [0, 0.05) is 6.54 Å². The molecule has 0 bridgehead atoms. The van der Waals surface area contributed by atoms with Gasteiger partial charge in [0.1, 0.15) is 6.04 Å². The molecule has 14 heavy (non-hydrogen) atoms. The van der Waals surface area contributed by atoms with E-state index in [1.807, 2.05) is 13.8 Å². The maximum atomic E-state index is 11.1. The van der Waals surface area contributed by atoms with E-state index in [-0.39, 0.29) is 6.03 Å². The summed E-state index contributed by atoms with van der Waals surface area (Å²) in [6.45, 7) is 6.13. The van der Waals surface area contributed by atoms with E-state index < -0.39 is 12.0 Å². The lowest BCUT2D eigenvalue weighted by molar-refractivity contribution is -0.142. The summed E-state index contributed by atoms with van der Waals surface area (Å²) in [5.74, 6) is -0.0705. The lowest BCUT2D eigenvalue weighted by Crippen LogP contribution is -2.45. The van der Waals surface area contributed by atoms with Crippen LogP contribution in [0.4, 0.5) is 4.79 Å². The number of carbonyl (C=O) groups excluding carboxylic acids is 2. The summed E-state index contributed by atoms with van der Waals surface area (Å²) in [4.78, 5) is 22.1. The van der Waals surface area contributed by atoms with Crippen LogP contribution in [0.3, 0.4) is 0 Å². The third-order valence-electron chi connectivity index (χ3n) is 1.57. The van der Waals surface area contributed by atoms with Gasteiger partial charge in [-0.05, 0) is 12.8 Å². The Kier molecular flexibility index (Phi) is 5.67. The van der Waals surface area contributed by atoms with Crippen molar-refractivity contribution in [3.8, 4) is 0 Å². The van der Waals surface area contributed by atoms with Crippen LogP contribution in [0.15, 0.2) is 0 Å². The molecule has 0 aromatic heterocycles. The fourth-order valence-corrected chi connectivity index (χ4v) is 0.780. The fraction of sp³-hybridized carbons (Fsp3) is 0.778. The predicted octanol–water partition coefficient (Wildman–Crippen LogP) is 0.503. The van der Waals surface area contributed by atoms with Crippen molar-refractivity contribution in [3.63, 3.8) is 0 Å². The third kappa shape index (κ3) is 5.40. The van der Waals surface area contributed by atoms with Crippen molar-refractivity contribution in [1.82, 2.24) is 10.6 Å². The maximum absolute atomic E-state index is 11.1. The number of ether oxygens (including phenoxy) is 1. The predicted molar refractivity (Wildman–Crippen MR) is 52.9 cm³/mol. The molecular weight excluding hydrogens is 184 g/mol. The van der Waals surface area contributed by atoms with E-state index in [2.05, 4.69) is 15.4 Å². The summed E-state index contributed by atoms with van der Waals surface area (Å²) in [6, 6.07) is -0.969. The minimum absolute atomic E-state index is 0.350. The zero-order valence-corrected chi connectivity index (χ0v) is 9.09. The highest BCUT2D eigenvalue weighted by molar-refractivity contribution is 5.83. The van der Waals surface area contributed by atoms with E-state index >= 15 is 0 Å². The minimum Gasteiger partial charge on any atom is -0.467 e. The van der Waals surface area contributed by atoms with E-state index in [1.165, 1.54) is 7.11 Å². The van der Waals surface area contributed by atoms with Gasteiger partial charge in [0.15, 0.2) is 0 Å². The van der Waals surface area contributed by atoms with E-state index in [9.17, 15) is 9.59 Å². The first-order valence-electron chi connectivity index (χ1n) is 4.59. The van der Waals surface area contributed by atoms with Gasteiger partial charge in [-0.15, -0.1) is 0 Å². The van der Waals surface area contributed by atoms with Gasteiger partial charge in [-0.25, -0.2) is 9.59 Å². The topological polar surface area (TPSA) is 67.4 Å². The van der Waals surface area contributed by atoms with Crippen LogP contribution in [0.5, 0.6) is 0 Å². The highest BCUT2D eigenvalue weighted by Gasteiger charge is 2.15. The van der Waals surface area contributed by atoms with Gasteiger partial charge >= 0.3 is 12.0 Å². The van der Waals surface area contributed by atoms with Crippen LogP contribution in [0.1, 0.15) is 20.8 Å². The van der Waals surface area contributed by atoms with Crippen molar-refractivity contribution in [3.05, 3.63) is 0 Å². The Bertz CT molecular complexity index is 204. The molecule has 2 amide bonds. The number of methoxy groups -OCH3 is 1. The van der Waals surface area contributed by atoms with Crippen LogP contribution in [-0.4, -0.2) is 31.7 Å². The van der Waals surface area contributed by atoms with Crippen LogP contribution in [0.2, 0.25) is 0 Å². The number of hydrogen-bond donors (Lipinski definition) is 2. The lowest BCUT2D eigenvalue weighted by Gasteiger charge is -2.13. The Labute approximate surface area is 84.2 Å². The van der Waals surface area contributed by atoms with Crippen molar-refractivity contribution in [1.29, 1.82) is 0 Å². The Morgan fingerprint density at radius 3 is 2.29 bits per heavy atom. The van der Waals surface area contributed by atoms with Gasteiger partial charge in [-0.1, -0.05) is 13.8 Å². The molecule has 5 nitrogen and oxygen atoms in total. The SMILES string of the molecule is COC(=O)C(C)NC(=O)NCC(C)C. The summed E-state index contributed by atoms with van der Waals surface area (Å²) in [5, 5.41) is 5.10. The molecule has 5 heteroatoms. The van der Waals surface area contributed by atoms with Crippen LogP contribution in [0, 0.1) is 5.92 Å². The standard InChI is InChI=1S/C9H18N2O3/c1-6(2)5-10-9(13)11-7(3)8(12)14-4/h6-7H,5H2,1-4H3,(H2,10,11,13). The highest BCUT2D eigenvalue weighted by atomic mass is 16.5. The number of urea groups is 1. The fourth-order valence-electron chi connectivity index (χ4n) is 0.780. The molecule has 0 aliphatic rings. The average molecular weight is 202 g/mol. The first-order valence-corrected chi connectivity index (χ1v) is 4.59. The molecule has 2 N–H and O–H groups in total. The first-order chi connectivity index (χ1) is 6.47. The molecule has 0 aliphatic carbocycles. The quantitative estimate of drug-likeness (QED) is 0.652. The summed E-state index contributed by atoms with van der Waals surface area (Å²) >= 11 is 0. The van der Waals surface area contributed by atoms with E-state index in [0.717, 1.165) is 0 Å². The number of hydrogen-bond acceptors (Lipinski definition) is 3. The van der Waals surface area contributed by atoms with Crippen molar-refractivity contribution < 1.29 is 14.3 Å².